The number of hydrogen-bond acceptors (Lipinski definition) is 6. The van der Waals surface area contributed by atoms with E-state index in [0.29, 0.717) is 58.2 Å². The molecule has 3 saturated heterocycles. The third-order valence-corrected chi connectivity index (χ3v) is 10.3. The lowest BCUT2D eigenvalue weighted by Gasteiger charge is -2.36. The summed E-state index contributed by atoms with van der Waals surface area (Å²) >= 11 is 0. The summed E-state index contributed by atoms with van der Waals surface area (Å²) in [6, 6.07) is 5.16. The molecule has 3 aliphatic heterocycles. The molecule has 0 aromatic heterocycles. The molecule has 0 bridgehead atoms. The van der Waals surface area contributed by atoms with Crippen LogP contribution in [0.2, 0.25) is 0 Å². The fourth-order valence-electron chi connectivity index (χ4n) is 7.83. The molecule has 0 radical (unpaired) electrons. The maximum Gasteiger partial charge on any atom is 0.261 e. The first-order chi connectivity index (χ1) is 20.1. The zero-order valence-electron chi connectivity index (χ0n) is 25.7. The second-order valence-corrected chi connectivity index (χ2v) is 13.1. The first-order valence-corrected chi connectivity index (χ1v) is 15.6. The van der Waals surface area contributed by atoms with Gasteiger partial charge in [0.15, 0.2) is 0 Å². The standard InChI is InChI=1S/C32H48F2N4O4/c1-35(2)30(39)22-11-14-36(15-12-22)29-17-24(33)5-10-27(29)28-19-38(18-23(28)20-41-3)31(40)32(34)13-16-37(21-32)25-6-8-26(42-4)9-7-25/h5,10,17,22-23,25-26,28H,6-9,11-16,18-21H2,1-4H3/t23-,25?,26?,28+,32-/m1/s1. The van der Waals surface area contributed by atoms with Gasteiger partial charge in [0.05, 0.1) is 12.7 Å². The monoisotopic (exact) mass is 590 g/mol. The Morgan fingerprint density at radius 3 is 2.38 bits per heavy atom. The topological polar surface area (TPSA) is 65.6 Å². The van der Waals surface area contributed by atoms with Crippen LogP contribution >= 0.6 is 0 Å². The largest absolute Gasteiger partial charge is 0.384 e. The van der Waals surface area contributed by atoms with Crippen LogP contribution in [0.1, 0.15) is 56.4 Å². The van der Waals surface area contributed by atoms with Crippen LogP contribution in [-0.4, -0.2) is 119 Å². The molecule has 42 heavy (non-hydrogen) atoms. The summed E-state index contributed by atoms with van der Waals surface area (Å²) in [6.45, 7) is 3.27. The number of ether oxygens (including phenoxy) is 2. The second kappa shape index (κ2) is 13.1. The van der Waals surface area contributed by atoms with Crippen molar-refractivity contribution in [2.75, 3.05) is 79.1 Å². The van der Waals surface area contributed by atoms with Gasteiger partial charge in [-0.15, -0.1) is 0 Å². The third-order valence-electron chi connectivity index (χ3n) is 10.3. The number of nitrogens with zero attached hydrogens (tertiary/aromatic N) is 4. The number of piperidine rings is 1. The Hall–Kier alpha value is -2.30. The van der Waals surface area contributed by atoms with Gasteiger partial charge < -0.3 is 24.2 Å². The molecule has 3 heterocycles. The summed E-state index contributed by atoms with van der Waals surface area (Å²) in [5, 5.41) is 0. The zero-order chi connectivity index (χ0) is 30.0. The number of carbonyl (C=O) groups is 2. The van der Waals surface area contributed by atoms with E-state index in [1.54, 1.807) is 44.2 Å². The molecule has 8 nitrogen and oxygen atoms in total. The maximum atomic E-state index is 16.4. The number of alkyl halides is 1. The van der Waals surface area contributed by atoms with Gasteiger partial charge in [0, 0.05) is 103 Å². The number of halogens is 2. The smallest absolute Gasteiger partial charge is 0.261 e. The summed E-state index contributed by atoms with van der Waals surface area (Å²) in [5.74, 6) is -0.769. The quantitative estimate of drug-likeness (QED) is 0.460. The van der Waals surface area contributed by atoms with Gasteiger partial charge in [-0.25, -0.2) is 8.78 Å². The number of carbonyl (C=O) groups excluding carboxylic acids is 2. The number of methoxy groups -OCH3 is 2. The zero-order valence-corrected chi connectivity index (χ0v) is 25.7. The molecule has 0 unspecified atom stereocenters. The van der Waals surface area contributed by atoms with E-state index in [1.807, 2.05) is 6.07 Å². The Balaban J connectivity index is 1.29. The average molecular weight is 591 g/mol. The lowest BCUT2D eigenvalue weighted by Crippen LogP contribution is -2.48. The van der Waals surface area contributed by atoms with Crippen molar-refractivity contribution in [3.8, 4) is 0 Å². The van der Waals surface area contributed by atoms with Crippen molar-refractivity contribution >= 4 is 17.5 Å². The van der Waals surface area contributed by atoms with E-state index < -0.39 is 11.6 Å². The van der Waals surface area contributed by atoms with Crippen molar-refractivity contribution in [3.63, 3.8) is 0 Å². The van der Waals surface area contributed by atoms with E-state index in [0.717, 1.165) is 36.9 Å². The van der Waals surface area contributed by atoms with Crippen molar-refractivity contribution in [2.45, 2.75) is 68.7 Å². The van der Waals surface area contributed by atoms with E-state index in [1.165, 1.54) is 6.07 Å². The molecule has 4 fully saturated rings. The number of likely N-dealkylation sites (tertiary alicyclic amines) is 2. The van der Waals surface area contributed by atoms with Crippen LogP contribution in [0, 0.1) is 17.7 Å². The molecule has 0 spiro atoms. The minimum Gasteiger partial charge on any atom is -0.384 e. The summed E-state index contributed by atoms with van der Waals surface area (Å²) in [5.41, 5.74) is -0.126. The molecule has 1 aromatic rings. The number of anilines is 1. The molecule has 1 saturated carbocycles. The first kappa shape index (κ1) is 31.1. The van der Waals surface area contributed by atoms with Crippen molar-refractivity contribution in [1.82, 2.24) is 14.7 Å². The number of rotatable bonds is 8. The van der Waals surface area contributed by atoms with E-state index in [9.17, 15) is 14.0 Å². The Morgan fingerprint density at radius 2 is 1.74 bits per heavy atom. The van der Waals surface area contributed by atoms with Crippen molar-refractivity contribution in [3.05, 3.63) is 29.6 Å². The molecule has 0 N–H and O–H groups in total. The maximum absolute atomic E-state index is 16.4. The van der Waals surface area contributed by atoms with Gasteiger partial charge in [0.2, 0.25) is 11.6 Å². The van der Waals surface area contributed by atoms with Crippen molar-refractivity contribution < 1.29 is 27.8 Å². The van der Waals surface area contributed by atoms with Crippen LogP contribution in [-0.2, 0) is 19.1 Å². The molecule has 234 valence electrons. The molecule has 5 rings (SSSR count). The highest BCUT2D eigenvalue weighted by atomic mass is 19.1. The van der Waals surface area contributed by atoms with Gasteiger partial charge >= 0.3 is 0 Å². The van der Waals surface area contributed by atoms with Crippen LogP contribution < -0.4 is 4.90 Å². The van der Waals surface area contributed by atoms with Gasteiger partial charge in [-0.05, 0) is 56.2 Å². The van der Waals surface area contributed by atoms with Crippen molar-refractivity contribution in [2.24, 2.45) is 11.8 Å². The normalized spacial score (nSPS) is 31.1. The highest BCUT2D eigenvalue weighted by Gasteiger charge is 2.51. The minimum absolute atomic E-state index is 0.0264. The Morgan fingerprint density at radius 1 is 1.02 bits per heavy atom. The van der Waals surface area contributed by atoms with Crippen LogP contribution in [0.15, 0.2) is 18.2 Å². The lowest BCUT2D eigenvalue weighted by atomic mass is 9.87. The molecule has 10 heteroatoms. The predicted molar refractivity (Wildman–Crippen MR) is 158 cm³/mol. The van der Waals surface area contributed by atoms with Gasteiger partial charge in [-0.2, -0.15) is 0 Å². The fraction of sp³-hybridized carbons (Fsp3) is 0.750. The SMILES string of the molecule is COC[C@H]1CN(C(=O)[C@@]2(F)CCN(C3CCC(OC)CC3)C2)C[C@@H]1c1ccc(F)cc1N1CCC(C(=O)N(C)C)CC1. The van der Waals surface area contributed by atoms with Crippen LogP contribution in [0.5, 0.6) is 0 Å². The second-order valence-electron chi connectivity index (χ2n) is 13.1. The van der Waals surface area contributed by atoms with Crippen LogP contribution in [0.3, 0.4) is 0 Å². The third kappa shape index (κ3) is 6.45. The molecule has 1 aliphatic carbocycles. The molecule has 4 aliphatic rings. The van der Waals surface area contributed by atoms with Gasteiger partial charge in [-0.3, -0.25) is 14.5 Å². The molecule has 3 atom stereocenters. The number of amides is 2. The number of benzene rings is 1. The van der Waals surface area contributed by atoms with Crippen LogP contribution in [0.25, 0.3) is 0 Å². The minimum atomic E-state index is -1.89. The van der Waals surface area contributed by atoms with Gasteiger partial charge in [0.1, 0.15) is 5.82 Å². The van der Waals surface area contributed by atoms with E-state index >= 15 is 4.39 Å². The highest BCUT2D eigenvalue weighted by Crippen LogP contribution is 2.42. The average Bonchev–Trinajstić information content (AvgIpc) is 3.61. The Bertz CT molecular complexity index is 1110. The fourth-order valence-corrected chi connectivity index (χ4v) is 7.83. The summed E-state index contributed by atoms with van der Waals surface area (Å²) < 4.78 is 42.0. The Labute approximate surface area is 249 Å². The summed E-state index contributed by atoms with van der Waals surface area (Å²) in [4.78, 5) is 34.0. The first-order valence-electron chi connectivity index (χ1n) is 15.6. The number of hydrogen-bond donors (Lipinski definition) is 0. The van der Waals surface area contributed by atoms with Gasteiger partial charge in [0.25, 0.3) is 5.91 Å². The van der Waals surface area contributed by atoms with E-state index in [2.05, 4.69) is 9.80 Å². The predicted octanol–water partition coefficient (Wildman–Crippen LogP) is 3.69. The molecular formula is C32H48F2N4O4. The summed E-state index contributed by atoms with van der Waals surface area (Å²) in [6.07, 6.45) is 5.80. The summed E-state index contributed by atoms with van der Waals surface area (Å²) in [7, 11) is 6.95. The molecule has 2 amide bonds. The van der Waals surface area contributed by atoms with Gasteiger partial charge in [-0.1, -0.05) is 6.07 Å². The van der Waals surface area contributed by atoms with E-state index in [-0.39, 0.29) is 48.5 Å². The lowest BCUT2D eigenvalue weighted by molar-refractivity contribution is -0.142. The Kier molecular flexibility index (Phi) is 9.74. The highest BCUT2D eigenvalue weighted by molar-refractivity contribution is 5.86. The van der Waals surface area contributed by atoms with Crippen LogP contribution in [0.4, 0.5) is 14.5 Å². The molecular weight excluding hydrogens is 542 g/mol. The van der Waals surface area contributed by atoms with E-state index in [4.69, 9.17) is 9.47 Å². The molecule has 1 aromatic carbocycles. The van der Waals surface area contributed by atoms with Crippen molar-refractivity contribution in [1.29, 1.82) is 0 Å².